The lowest BCUT2D eigenvalue weighted by atomic mass is 9.58. The van der Waals surface area contributed by atoms with Crippen molar-refractivity contribution in [1.82, 2.24) is 60.0 Å². The van der Waals surface area contributed by atoms with Gasteiger partial charge in [-0.25, -0.2) is 8.78 Å². The fourth-order valence-corrected chi connectivity index (χ4v) is 17.2. The van der Waals surface area contributed by atoms with Crippen molar-refractivity contribution < 1.29 is 84.2 Å². The monoisotopic (exact) mass is 1540 g/mol. The SMILES string of the molecule is CCO[C@@H]1C[C@H]2C(=O)NC3(CC(C)(C)C3)C(=O)N(C)[C@@H](C(CC)CC)C(=O)N(C)[C@H](C(=O)N(C)C)CC(=O)N(C)[C@@H](CC3CC3)C(=O)N[C@@H]([C@@H](C)CC)C(=O)N(C)CC(=O)N(C)[C@H]3C/C=C\CCN(C3=O)[C@@H](CC(CC)CCC(F)F)C(=O)N(C)CC(=O)N[C@@H](CCC3CCC(C(F)(F)F)C(Cl)C3)C(=O)N2C1. The number of alkyl halides is 6. The molecular formula is C76H122ClF5N12O13. The number of halogens is 6. The number of nitrogens with zero attached hydrogens (tertiary/aromatic N) is 9. The van der Waals surface area contributed by atoms with E-state index in [0.29, 0.717) is 25.7 Å². The minimum absolute atomic E-state index is 0.0223. The molecule has 6 aliphatic rings. The van der Waals surface area contributed by atoms with E-state index >= 15 is 28.8 Å². The molecule has 0 aromatic carbocycles. The van der Waals surface area contributed by atoms with Gasteiger partial charge in [0.25, 0.3) is 0 Å². The van der Waals surface area contributed by atoms with Gasteiger partial charge in [0.05, 0.1) is 31.5 Å². The molecule has 0 aromatic heterocycles. The van der Waals surface area contributed by atoms with Gasteiger partial charge in [0.2, 0.25) is 77.3 Å². The van der Waals surface area contributed by atoms with E-state index in [2.05, 4.69) is 16.0 Å². The van der Waals surface area contributed by atoms with Crippen molar-refractivity contribution in [3.05, 3.63) is 12.2 Å². The first-order valence-electron chi connectivity index (χ1n) is 38.7. The second kappa shape index (κ2) is 38.8. The molecule has 3 aliphatic carbocycles. The normalized spacial score (nSPS) is 29.7. The Hall–Kier alpha value is -6.72. The lowest BCUT2D eigenvalue weighted by Gasteiger charge is -2.54. The van der Waals surface area contributed by atoms with E-state index in [1.807, 2.05) is 34.6 Å². The van der Waals surface area contributed by atoms with Crippen LogP contribution in [0.4, 0.5) is 22.0 Å². The van der Waals surface area contributed by atoms with E-state index in [0.717, 1.165) is 32.4 Å². The highest BCUT2D eigenvalue weighted by atomic mass is 35.5. The number of likely N-dealkylation sites (N-methyl/N-ethyl adjacent to an activating group) is 7. The molecule has 3 heterocycles. The van der Waals surface area contributed by atoms with E-state index in [4.69, 9.17) is 16.3 Å². The molecule has 4 unspecified atom stereocenters. The Kier molecular flexibility index (Phi) is 32.3. The predicted octanol–water partition coefficient (Wildman–Crippen LogP) is 7.01. The van der Waals surface area contributed by atoms with Crippen LogP contribution in [0.2, 0.25) is 0 Å². The summed E-state index contributed by atoms with van der Waals surface area (Å²) in [6.07, 6.45) is -3.05. The molecule has 3 N–H and O–H groups in total. The summed E-state index contributed by atoms with van der Waals surface area (Å²) in [7, 11) is 11.2. The quantitative estimate of drug-likeness (QED) is 0.0668. The number of ether oxygens (including phenoxy) is 1. The largest absolute Gasteiger partial charge is 0.393 e. The Morgan fingerprint density at radius 2 is 1.32 bits per heavy atom. The maximum absolute atomic E-state index is 15.8. The van der Waals surface area contributed by atoms with Crippen molar-refractivity contribution in [3.63, 3.8) is 0 Å². The zero-order valence-electron chi connectivity index (χ0n) is 66.0. The third kappa shape index (κ3) is 22.7. The summed E-state index contributed by atoms with van der Waals surface area (Å²) in [6, 6.07) is -10.8. The van der Waals surface area contributed by atoms with E-state index in [1.54, 1.807) is 32.9 Å². The van der Waals surface area contributed by atoms with E-state index in [9.17, 15) is 50.7 Å². The second-order valence-electron chi connectivity index (χ2n) is 32.3. The highest BCUT2D eigenvalue weighted by Crippen LogP contribution is 2.50. The molecule has 2 bridgehead atoms. The molecule has 1 spiro atoms. The summed E-state index contributed by atoms with van der Waals surface area (Å²) in [6.45, 7) is 13.0. The number of amides is 12. The van der Waals surface area contributed by atoms with Crippen molar-refractivity contribution >= 4 is 82.5 Å². The van der Waals surface area contributed by atoms with Gasteiger partial charge in [-0.15, -0.1) is 11.6 Å². The standard InChI is InChI=1S/C76H122ClF5N12O13/c1-17-45(6)63-71(104)88(12)42-62(97)89(13)54-25-23-22-24-34-93(70(54)103)58(36-46(18-2)30-33-59(78)79)69(102)87(11)41-60(95)83-53(32-29-47-28-31-51(52(77)35-47)76(80,81)82)67(100)94-40-50(107-21-5)38-56(94)66(99)85-75(43-74(7,8)44-75)73(106)92(16)64(49(19-3)20-4)72(105)91(15)57(68(101)86(9)10)39-61(96)90(14)55(65(98)84-63)37-48-26-27-48/h22-23,45-59,63-64H,17-21,24-44H2,1-16H3,(H,83,95)(H,84,98)(H,85,99)/b23-22-/t45-,46?,47?,50+,51?,52?,53-,54-,55-,56-,57-,58-,63-,64-/m0/s1. The van der Waals surface area contributed by atoms with Crippen molar-refractivity contribution in [2.45, 2.75) is 268 Å². The fourth-order valence-electron chi connectivity index (χ4n) is 16.7. The predicted molar refractivity (Wildman–Crippen MR) is 392 cm³/mol. The van der Waals surface area contributed by atoms with Crippen LogP contribution in [-0.2, 0) is 62.3 Å². The Bertz CT molecular complexity index is 3170. The minimum Gasteiger partial charge on any atom is -0.377 e. The third-order valence-corrected chi connectivity index (χ3v) is 24.0. The Balaban J connectivity index is 1.50. The van der Waals surface area contributed by atoms with Crippen LogP contribution < -0.4 is 16.0 Å². The van der Waals surface area contributed by atoms with Gasteiger partial charge >= 0.3 is 6.18 Å². The highest BCUT2D eigenvalue weighted by molar-refractivity contribution is 6.21. The average Bonchev–Trinajstić information content (AvgIpc) is 1.45. The second-order valence-corrected chi connectivity index (χ2v) is 32.9. The first kappa shape index (κ1) is 89.2. The van der Waals surface area contributed by atoms with Crippen LogP contribution >= 0.6 is 11.6 Å². The van der Waals surface area contributed by atoms with Gasteiger partial charge in [-0.3, -0.25) is 57.5 Å². The van der Waals surface area contributed by atoms with Gasteiger partial charge in [-0.2, -0.15) is 13.2 Å². The van der Waals surface area contributed by atoms with Crippen LogP contribution in [0, 0.1) is 40.9 Å². The maximum atomic E-state index is 15.8. The molecule has 107 heavy (non-hydrogen) atoms. The summed E-state index contributed by atoms with van der Waals surface area (Å²) >= 11 is 6.44. The maximum Gasteiger partial charge on any atom is 0.393 e. The molecule has 12 amide bonds. The van der Waals surface area contributed by atoms with Gasteiger partial charge in [0, 0.05) is 94.3 Å². The first-order chi connectivity index (χ1) is 50.1. The van der Waals surface area contributed by atoms with Gasteiger partial charge in [-0.1, -0.05) is 99.1 Å². The van der Waals surface area contributed by atoms with Crippen molar-refractivity contribution in [2.24, 2.45) is 40.9 Å². The van der Waals surface area contributed by atoms with Crippen molar-refractivity contribution in [3.8, 4) is 0 Å². The molecule has 2 saturated heterocycles. The first-order valence-corrected chi connectivity index (χ1v) is 39.1. The molecule has 606 valence electrons. The lowest BCUT2D eigenvalue weighted by molar-refractivity contribution is -0.182. The minimum atomic E-state index is -4.57. The fraction of sp³-hybridized carbons (Fsp3) is 0.816. The lowest BCUT2D eigenvalue weighted by Crippen LogP contribution is -2.71. The summed E-state index contributed by atoms with van der Waals surface area (Å²) in [5.41, 5.74) is -2.27. The number of hydrogen-bond donors (Lipinski definition) is 3. The molecule has 5 fully saturated rings. The van der Waals surface area contributed by atoms with Gasteiger partial charge in [-0.05, 0) is 119 Å². The number of rotatable bonds is 19. The van der Waals surface area contributed by atoms with E-state index in [-0.39, 0.29) is 109 Å². The summed E-state index contributed by atoms with van der Waals surface area (Å²) < 4.78 is 76.5. The zero-order chi connectivity index (χ0) is 80.1. The molecule has 3 aliphatic heterocycles. The van der Waals surface area contributed by atoms with Crippen molar-refractivity contribution in [1.29, 1.82) is 0 Å². The Morgan fingerprint density at radius 3 is 1.88 bits per heavy atom. The number of carbonyl (C=O) groups excluding carboxylic acids is 12. The van der Waals surface area contributed by atoms with Crippen LogP contribution in [0.5, 0.6) is 0 Å². The van der Waals surface area contributed by atoms with Gasteiger partial charge in [0.1, 0.15) is 53.9 Å². The van der Waals surface area contributed by atoms with Crippen LogP contribution in [0.15, 0.2) is 12.2 Å². The van der Waals surface area contributed by atoms with Gasteiger partial charge < -0.3 is 64.8 Å². The molecule has 0 aromatic rings. The molecule has 31 heteroatoms. The highest BCUT2D eigenvalue weighted by Gasteiger charge is 2.59. The third-order valence-electron chi connectivity index (χ3n) is 23.6. The van der Waals surface area contributed by atoms with E-state index < -0.39 is 210 Å². The van der Waals surface area contributed by atoms with Crippen molar-refractivity contribution in [2.75, 3.05) is 89.2 Å². The summed E-state index contributed by atoms with van der Waals surface area (Å²) in [5, 5.41) is 7.44. The Morgan fingerprint density at radius 1 is 0.682 bits per heavy atom. The molecule has 25 nitrogen and oxygen atoms in total. The molecule has 14 atom stereocenters. The smallest absolute Gasteiger partial charge is 0.377 e. The summed E-state index contributed by atoms with van der Waals surface area (Å²) in [4.78, 5) is 193. The number of fused-ring (bicyclic) bond motifs is 3. The molecular weight excluding hydrogens is 1420 g/mol. The molecule has 3 saturated carbocycles. The number of hydrogen-bond acceptors (Lipinski definition) is 13. The van der Waals surface area contributed by atoms with E-state index in [1.165, 1.54) is 80.9 Å². The summed E-state index contributed by atoms with van der Waals surface area (Å²) in [5.74, 6) is -12.6. The van der Waals surface area contributed by atoms with Crippen LogP contribution in [0.25, 0.3) is 0 Å². The number of nitrogens with one attached hydrogen (secondary N) is 3. The average molecular weight is 1540 g/mol. The van der Waals surface area contributed by atoms with Crippen LogP contribution in [0.3, 0.4) is 0 Å². The molecule has 6 rings (SSSR count). The van der Waals surface area contributed by atoms with Gasteiger partial charge in [0.15, 0.2) is 0 Å². The topological polar surface area (TPSA) is 279 Å². The molecule has 0 radical (unpaired) electrons. The zero-order valence-corrected chi connectivity index (χ0v) is 66.7. The van der Waals surface area contributed by atoms with Crippen LogP contribution in [0.1, 0.15) is 190 Å². The van der Waals surface area contributed by atoms with Crippen LogP contribution in [-0.4, -0.2) is 282 Å². The Labute approximate surface area is 634 Å². The number of carbonyl (C=O) groups is 12.